The van der Waals surface area contributed by atoms with Gasteiger partial charge in [0.2, 0.25) is 0 Å². The van der Waals surface area contributed by atoms with Crippen LogP contribution in [0.5, 0.6) is 0 Å². The molecule has 2 aromatic heterocycles. The number of hydrogen-bond acceptors (Lipinski definition) is 3. The zero-order valence-electron chi connectivity index (χ0n) is 29.8. The van der Waals surface area contributed by atoms with E-state index in [4.69, 9.17) is 15.0 Å². The van der Waals surface area contributed by atoms with Crippen molar-refractivity contribution < 1.29 is 0 Å². The Morgan fingerprint density at radius 2 is 0.709 bits per heavy atom. The first-order chi connectivity index (χ1) is 27.3. The van der Waals surface area contributed by atoms with E-state index in [0.29, 0.717) is 17.5 Å². The minimum atomic E-state index is 0.621. The highest BCUT2D eigenvalue weighted by atomic mass is 15.0. The van der Waals surface area contributed by atoms with Crippen molar-refractivity contribution in [3.8, 4) is 51.0 Å². The lowest BCUT2D eigenvalue weighted by molar-refractivity contribution is 1.07. The van der Waals surface area contributed by atoms with E-state index in [0.717, 1.165) is 44.5 Å². The Labute approximate surface area is 317 Å². The van der Waals surface area contributed by atoms with E-state index in [-0.39, 0.29) is 0 Å². The molecule has 2 heterocycles. The number of fused-ring (bicyclic) bond motifs is 10. The molecule has 0 aliphatic rings. The topological polar surface area (TPSA) is 43.6 Å². The lowest BCUT2D eigenvalue weighted by atomic mass is 9.92. The third-order valence-electron chi connectivity index (χ3n) is 10.8. The van der Waals surface area contributed by atoms with Crippen molar-refractivity contribution in [1.82, 2.24) is 19.5 Å². The van der Waals surface area contributed by atoms with Crippen LogP contribution in [0.2, 0.25) is 0 Å². The molecule has 0 radical (unpaired) electrons. The van der Waals surface area contributed by atoms with Crippen LogP contribution in [-0.4, -0.2) is 19.5 Å². The van der Waals surface area contributed by atoms with Crippen molar-refractivity contribution in [1.29, 1.82) is 0 Å². The van der Waals surface area contributed by atoms with E-state index in [1.165, 1.54) is 43.1 Å². The van der Waals surface area contributed by atoms with Gasteiger partial charge in [-0.15, -0.1) is 0 Å². The van der Waals surface area contributed by atoms with Crippen molar-refractivity contribution >= 4 is 54.1 Å². The maximum atomic E-state index is 5.15. The van der Waals surface area contributed by atoms with E-state index in [2.05, 4.69) is 162 Å². The molecule has 0 fully saturated rings. The normalized spacial score (nSPS) is 11.6. The Morgan fingerprint density at radius 1 is 0.273 bits per heavy atom. The minimum absolute atomic E-state index is 0.621. The first kappa shape index (κ1) is 31.1. The second kappa shape index (κ2) is 12.6. The number of hydrogen-bond donors (Lipinski definition) is 0. The minimum Gasteiger partial charge on any atom is -0.309 e. The molecule has 0 aliphatic carbocycles. The van der Waals surface area contributed by atoms with E-state index >= 15 is 0 Å². The van der Waals surface area contributed by atoms with Crippen molar-refractivity contribution in [3.05, 3.63) is 194 Å². The number of benzene rings is 9. The van der Waals surface area contributed by atoms with E-state index in [9.17, 15) is 0 Å². The fraction of sp³-hybridized carbons (Fsp3) is 0. The Balaban J connectivity index is 1.23. The Morgan fingerprint density at radius 3 is 1.31 bits per heavy atom. The van der Waals surface area contributed by atoms with Gasteiger partial charge in [-0.05, 0) is 68.4 Å². The summed E-state index contributed by atoms with van der Waals surface area (Å²) in [6.07, 6.45) is 0. The molecule has 55 heavy (non-hydrogen) atoms. The summed E-state index contributed by atoms with van der Waals surface area (Å²) in [4.78, 5) is 15.3. The molecule has 0 amide bonds. The molecule has 0 saturated carbocycles. The SMILES string of the molecule is c1ccc(-c2cc(-c3nc(-c4ccccc4)nc(-c4ccccc4)n3)cc(-n3c4ccccc4c4c5c6ccccc6c6ccccc6c5ccc43)c2)cc1. The third kappa shape index (κ3) is 5.11. The number of para-hydroxylation sites is 1. The summed E-state index contributed by atoms with van der Waals surface area (Å²) in [7, 11) is 0. The maximum Gasteiger partial charge on any atom is 0.164 e. The standard InChI is InChI=1S/C51H32N4/c1-4-16-33(17-5-1)36-30-37(51-53-49(34-18-6-2-7-19-34)52-50(54-51)35-20-8-3-9-21-35)32-38(31-36)55-45-27-15-14-26-44(45)48-46(55)29-28-43-41-24-11-10-22-39(41)40-23-12-13-25-42(40)47(43)48/h1-32H. The van der Waals surface area contributed by atoms with Crippen LogP contribution in [0.1, 0.15) is 0 Å². The monoisotopic (exact) mass is 700 g/mol. The van der Waals surface area contributed by atoms with Crippen molar-refractivity contribution in [2.75, 3.05) is 0 Å². The molecule has 0 atom stereocenters. The molecule has 4 nitrogen and oxygen atoms in total. The fourth-order valence-electron chi connectivity index (χ4n) is 8.34. The van der Waals surface area contributed by atoms with Crippen LogP contribution in [0, 0.1) is 0 Å². The van der Waals surface area contributed by atoms with Gasteiger partial charge in [-0.2, -0.15) is 0 Å². The van der Waals surface area contributed by atoms with Crippen LogP contribution >= 0.6 is 0 Å². The van der Waals surface area contributed by atoms with Gasteiger partial charge < -0.3 is 4.57 Å². The van der Waals surface area contributed by atoms with Gasteiger partial charge in [0.25, 0.3) is 0 Å². The van der Waals surface area contributed by atoms with Crippen molar-refractivity contribution in [2.45, 2.75) is 0 Å². The molecule has 0 saturated heterocycles. The van der Waals surface area contributed by atoms with Gasteiger partial charge in [0.1, 0.15) is 0 Å². The van der Waals surface area contributed by atoms with Crippen LogP contribution in [-0.2, 0) is 0 Å². The summed E-state index contributed by atoms with van der Waals surface area (Å²) < 4.78 is 2.42. The lowest BCUT2D eigenvalue weighted by Gasteiger charge is -2.15. The summed E-state index contributed by atoms with van der Waals surface area (Å²) in [5.41, 5.74) is 8.33. The first-order valence-electron chi connectivity index (χ1n) is 18.6. The molecule has 4 heteroatoms. The summed E-state index contributed by atoms with van der Waals surface area (Å²) in [5.74, 6) is 1.90. The second-order valence-corrected chi connectivity index (χ2v) is 14.0. The van der Waals surface area contributed by atoms with E-state index in [1.54, 1.807) is 0 Å². The van der Waals surface area contributed by atoms with Crippen LogP contribution in [0.4, 0.5) is 0 Å². The molecular formula is C51H32N4. The molecule has 0 spiro atoms. The zero-order valence-corrected chi connectivity index (χ0v) is 29.8. The molecule has 256 valence electrons. The Kier molecular flexibility index (Phi) is 7.14. The van der Waals surface area contributed by atoms with E-state index in [1.807, 2.05) is 36.4 Å². The van der Waals surface area contributed by atoms with Gasteiger partial charge in [0.05, 0.1) is 11.0 Å². The largest absolute Gasteiger partial charge is 0.309 e. The molecule has 0 N–H and O–H groups in total. The van der Waals surface area contributed by atoms with Crippen LogP contribution in [0.15, 0.2) is 194 Å². The second-order valence-electron chi connectivity index (χ2n) is 14.0. The van der Waals surface area contributed by atoms with Gasteiger partial charge >= 0.3 is 0 Å². The molecular weight excluding hydrogens is 669 g/mol. The predicted molar refractivity (Wildman–Crippen MR) is 228 cm³/mol. The van der Waals surface area contributed by atoms with Crippen LogP contribution in [0.3, 0.4) is 0 Å². The van der Waals surface area contributed by atoms with E-state index < -0.39 is 0 Å². The van der Waals surface area contributed by atoms with Crippen molar-refractivity contribution in [3.63, 3.8) is 0 Å². The molecule has 11 aromatic rings. The van der Waals surface area contributed by atoms with Crippen LogP contribution < -0.4 is 0 Å². The maximum absolute atomic E-state index is 5.15. The fourth-order valence-corrected chi connectivity index (χ4v) is 8.34. The Hall–Kier alpha value is -7.43. The van der Waals surface area contributed by atoms with Gasteiger partial charge in [-0.25, -0.2) is 15.0 Å². The average Bonchev–Trinajstić information content (AvgIpc) is 3.61. The quantitative estimate of drug-likeness (QED) is 0.168. The highest BCUT2D eigenvalue weighted by Gasteiger charge is 2.20. The lowest BCUT2D eigenvalue weighted by Crippen LogP contribution is -2.01. The molecule has 9 aromatic carbocycles. The van der Waals surface area contributed by atoms with Gasteiger partial charge in [-0.3, -0.25) is 0 Å². The summed E-state index contributed by atoms with van der Waals surface area (Å²) >= 11 is 0. The third-order valence-corrected chi connectivity index (χ3v) is 10.8. The summed E-state index contributed by atoms with van der Waals surface area (Å²) in [5, 5.41) is 10.1. The van der Waals surface area contributed by atoms with Gasteiger partial charge in [0, 0.05) is 38.5 Å². The van der Waals surface area contributed by atoms with Gasteiger partial charge in [0.15, 0.2) is 17.5 Å². The number of rotatable bonds is 5. The van der Waals surface area contributed by atoms with Gasteiger partial charge in [-0.1, -0.05) is 164 Å². The average molecular weight is 701 g/mol. The molecule has 0 unspecified atom stereocenters. The number of aromatic nitrogens is 4. The molecule has 11 rings (SSSR count). The highest BCUT2D eigenvalue weighted by Crippen LogP contribution is 2.44. The van der Waals surface area contributed by atoms with Crippen molar-refractivity contribution in [2.24, 2.45) is 0 Å². The number of nitrogens with zero attached hydrogens (tertiary/aromatic N) is 4. The Bertz CT molecular complexity index is 3150. The summed E-state index contributed by atoms with van der Waals surface area (Å²) in [6.45, 7) is 0. The highest BCUT2D eigenvalue weighted by molar-refractivity contribution is 6.35. The molecule has 0 bridgehead atoms. The molecule has 0 aliphatic heterocycles. The van der Waals surface area contributed by atoms with Crippen LogP contribution in [0.25, 0.3) is 105 Å². The zero-order chi connectivity index (χ0) is 36.3. The first-order valence-corrected chi connectivity index (χ1v) is 18.6. The summed E-state index contributed by atoms with van der Waals surface area (Å²) in [6, 6.07) is 68.7. The predicted octanol–water partition coefficient (Wildman–Crippen LogP) is 13.1. The smallest absolute Gasteiger partial charge is 0.164 e.